The van der Waals surface area contributed by atoms with Crippen molar-refractivity contribution in [1.82, 2.24) is 14.9 Å². The molecular weight excluding hydrogens is 338 g/mol. The number of aryl methyl sites for hydroxylation is 1. The molecule has 1 aliphatic heterocycles. The van der Waals surface area contributed by atoms with E-state index in [2.05, 4.69) is 9.97 Å². The number of hydrogen-bond acceptors (Lipinski definition) is 4. The topological polar surface area (TPSA) is 59.2 Å². The Hall–Kier alpha value is -2.95. The molecule has 5 heteroatoms. The lowest BCUT2D eigenvalue weighted by molar-refractivity contribution is 0.0658. The monoisotopic (exact) mass is 361 g/mol. The van der Waals surface area contributed by atoms with E-state index in [-0.39, 0.29) is 11.9 Å². The maximum absolute atomic E-state index is 13.6. The highest BCUT2D eigenvalue weighted by Gasteiger charge is 2.31. The van der Waals surface area contributed by atoms with E-state index >= 15 is 0 Å². The molecule has 1 atom stereocenters. The van der Waals surface area contributed by atoms with Crippen LogP contribution < -0.4 is 0 Å². The summed E-state index contributed by atoms with van der Waals surface area (Å²) in [6.45, 7) is 2.56. The molecule has 5 nitrogen and oxygen atoms in total. The van der Waals surface area contributed by atoms with Gasteiger partial charge in [-0.15, -0.1) is 0 Å². The molecular formula is C22H23N3O2. The second kappa shape index (κ2) is 7.74. The van der Waals surface area contributed by atoms with Crippen LogP contribution in [0.3, 0.4) is 0 Å². The minimum Gasteiger partial charge on any atom is -0.467 e. The number of rotatable bonds is 3. The molecule has 1 aromatic carbocycles. The summed E-state index contributed by atoms with van der Waals surface area (Å²) in [6.07, 6.45) is 7.45. The summed E-state index contributed by atoms with van der Waals surface area (Å²) in [5.74, 6) is 1.47. The molecule has 1 unspecified atom stereocenters. The van der Waals surface area contributed by atoms with Gasteiger partial charge in [0.25, 0.3) is 5.91 Å². The normalized spacial score (nSPS) is 17.5. The molecule has 0 bridgehead atoms. The molecule has 0 N–H and O–H groups in total. The first kappa shape index (κ1) is 17.5. The molecule has 4 rings (SSSR count). The second-order valence-electron chi connectivity index (χ2n) is 6.92. The van der Waals surface area contributed by atoms with E-state index in [4.69, 9.17) is 4.42 Å². The summed E-state index contributed by atoms with van der Waals surface area (Å²) >= 11 is 0. The first-order valence-corrected chi connectivity index (χ1v) is 9.47. The van der Waals surface area contributed by atoms with E-state index in [1.807, 2.05) is 54.3 Å². The van der Waals surface area contributed by atoms with Crippen molar-refractivity contribution >= 4 is 5.91 Å². The zero-order valence-corrected chi connectivity index (χ0v) is 15.5. The van der Waals surface area contributed by atoms with E-state index in [9.17, 15) is 4.79 Å². The maximum atomic E-state index is 13.6. The van der Waals surface area contributed by atoms with Gasteiger partial charge in [-0.3, -0.25) is 4.79 Å². The number of carbonyl (C=O) groups is 1. The van der Waals surface area contributed by atoms with Crippen molar-refractivity contribution in [3.8, 4) is 11.3 Å². The van der Waals surface area contributed by atoms with Gasteiger partial charge in [-0.05, 0) is 31.9 Å². The third-order valence-electron chi connectivity index (χ3n) is 5.07. The van der Waals surface area contributed by atoms with Crippen molar-refractivity contribution in [2.24, 2.45) is 0 Å². The molecule has 1 aliphatic rings. The molecule has 3 heterocycles. The molecule has 3 aromatic rings. The number of amides is 1. The van der Waals surface area contributed by atoms with Crippen molar-refractivity contribution in [3.05, 3.63) is 72.1 Å². The fourth-order valence-electron chi connectivity index (χ4n) is 3.73. The van der Waals surface area contributed by atoms with Crippen LogP contribution in [-0.2, 0) is 0 Å². The molecule has 0 radical (unpaired) electrons. The van der Waals surface area contributed by atoms with Crippen LogP contribution >= 0.6 is 0 Å². The SMILES string of the molecule is Cc1ncc(C(=O)N2CCCCCC2c2ccco2)c(-c2ccccc2)n1. The third kappa shape index (κ3) is 3.63. The summed E-state index contributed by atoms with van der Waals surface area (Å²) in [6, 6.07) is 13.6. The fraction of sp³-hybridized carbons (Fsp3) is 0.318. The highest BCUT2D eigenvalue weighted by Crippen LogP contribution is 2.33. The first-order chi connectivity index (χ1) is 13.2. The van der Waals surface area contributed by atoms with Crippen LogP contribution in [0.2, 0.25) is 0 Å². The number of likely N-dealkylation sites (tertiary alicyclic amines) is 1. The zero-order valence-electron chi connectivity index (χ0n) is 15.5. The molecule has 1 saturated heterocycles. The van der Waals surface area contributed by atoms with Crippen LogP contribution in [-0.4, -0.2) is 27.3 Å². The standard InChI is InChI=1S/C22H23N3O2/c1-16-23-15-18(21(24-16)17-9-4-2-5-10-17)22(26)25-13-7-3-6-11-19(25)20-12-8-14-27-20/h2,4-5,8-10,12,14-15,19H,3,6-7,11,13H2,1H3. The van der Waals surface area contributed by atoms with Crippen LogP contribution in [0.1, 0.15) is 53.7 Å². The van der Waals surface area contributed by atoms with Crippen LogP contribution in [0.5, 0.6) is 0 Å². The van der Waals surface area contributed by atoms with Gasteiger partial charge >= 0.3 is 0 Å². The van der Waals surface area contributed by atoms with E-state index in [1.165, 1.54) is 0 Å². The molecule has 1 amide bonds. The van der Waals surface area contributed by atoms with Crippen molar-refractivity contribution in [2.45, 2.75) is 38.6 Å². The van der Waals surface area contributed by atoms with Gasteiger partial charge in [0.15, 0.2) is 0 Å². The predicted molar refractivity (Wildman–Crippen MR) is 103 cm³/mol. The van der Waals surface area contributed by atoms with Crippen molar-refractivity contribution in [3.63, 3.8) is 0 Å². The fourth-order valence-corrected chi connectivity index (χ4v) is 3.73. The van der Waals surface area contributed by atoms with E-state index in [0.717, 1.165) is 37.0 Å². The summed E-state index contributed by atoms with van der Waals surface area (Å²) in [5, 5.41) is 0. The largest absolute Gasteiger partial charge is 0.467 e. The van der Waals surface area contributed by atoms with E-state index in [1.54, 1.807) is 12.5 Å². The van der Waals surface area contributed by atoms with Gasteiger partial charge in [0.2, 0.25) is 0 Å². The van der Waals surface area contributed by atoms with E-state index < -0.39 is 0 Å². The number of hydrogen-bond donors (Lipinski definition) is 0. The first-order valence-electron chi connectivity index (χ1n) is 9.47. The lowest BCUT2D eigenvalue weighted by Crippen LogP contribution is -2.35. The third-order valence-corrected chi connectivity index (χ3v) is 5.07. The van der Waals surface area contributed by atoms with E-state index in [0.29, 0.717) is 23.6 Å². The number of carbonyl (C=O) groups excluding carboxylic acids is 1. The molecule has 27 heavy (non-hydrogen) atoms. The zero-order chi connectivity index (χ0) is 18.6. The highest BCUT2D eigenvalue weighted by atomic mass is 16.3. The Balaban J connectivity index is 1.75. The Morgan fingerprint density at radius 2 is 1.96 bits per heavy atom. The Morgan fingerprint density at radius 1 is 1.11 bits per heavy atom. The minimum absolute atomic E-state index is 0.0304. The van der Waals surface area contributed by atoms with Crippen LogP contribution in [0.25, 0.3) is 11.3 Å². The summed E-state index contributed by atoms with van der Waals surface area (Å²) in [7, 11) is 0. The Labute approximate surface area is 159 Å². The highest BCUT2D eigenvalue weighted by molar-refractivity contribution is 5.99. The molecule has 1 fully saturated rings. The molecule has 0 saturated carbocycles. The van der Waals surface area contributed by atoms with Gasteiger partial charge in [-0.25, -0.2) is 9.97 Å². The smallest absolute Gasteiger partial charge is 0.258 e. The van der Waals surface area contributed by atoms with Gasteiger partial charge in [0, 0.05) is 18.3 Å². The summed E-state index contributed by atoms with van der Waals surface area (Å²) < 4.78 is 5.65. The van der Waals surface area contributed by atoms with Crippen molar-refractivity contribution in [1.29, 1.82) is 0 Å². The number of aromatic nitrogens is 2. The van der Waals surface area contributed by atoms with Crippen molar-refractivity contribution in [2.75, 3.05) is 6.54 Å². The molecule has 2 aromatic heterocycles. The minimum atomic E-state index is -0.0417. The van der Waals surface area contributed by atoms with Crippen LogP contribution in [0, 0.1) is 6.92 Å². The molecule has 0 spiro atoms. The Morgan fingerprint density at radius 3 is 2.74 bits per heavy atom. The van der Waals surface area contributed by atoms with Crippen LogP contribution in [0.15, 0.2) is 59.3 Å². The average Bonchev–Trinajstić information content (AvgIpc) is 3.12. The Kier molecular flexibility index (Phi) is 5.01. The number of furan rings is 1. The lowest BCUT2D eigenvalue weighted by Gasteiger charge is -2.29. The van der Waals surface area contributed by atoms with Gasteiger partial charge in [0.05, 0.1) is 23.6 Å². The van der Waals surface area contributed by atoms with Gasteiger partial charge in [-0.1, -0.05) is 43.2 Å². The van der Waals surface area contributed by atoms with Gasteiger partial charge < -0.3 is 9.32 Å². The van der Waals surface area contributed by atoms with Gasteiger partial charge in [0.1, 0.15) is 11.6 Å². The Bertz CT molecular complexity index is 907. The molecule has 138 valence electrons. The number of benzene rings is 1. The van der Waals surface area contributed by atoms with Crippen molar-refractivity contribution < 1.29 is 9.21 Å². The number of nitrogens with zero attached hydrogens (tertiary/aromatic N) is 3. The summed E-state index contributed by atoms with van der Waals surface area (Å²) in [4.78, 5) is 24.4. The van der Waals surface area contributed by atoms with Gasteiger partial charge in [-0.2, -0.15) is 0 Å². The predicted octanol–water partition coefficient (Wildman–Crippen LogP) is 4.80. The lowest BCUT2D eigenvalue weighted by atomic mass is 10.0. The second-order valence-corrected chi connectivity index (χ2v) is 6.92. The quantitative estimate of drug-likeness (QED) is 0.672. The average molecular weight is 361 g/mol. The van der Waals surface area contributed by atoms with Crippen LogP contribution in [0.4, 0.5) is 0 Å². The molecule has 0 aliphatic carbocycles. The maximum Gasteiger partial charge on any atom is 0.258 e. The summed E-state index contributed by atoms with van der Waals surface area (Å²) in [5.41, 5.74) is 2.16.